The summed E-state index contributed by atoms with van der Waals surface area (Å²) in [5, 5.41) is 2.63. The lowest BCUT2D eigenvalue weighted by Gasteiger charge is -2.26. The molecule has 0 heterocycles. The summed E-state index contributed by atoms with van der Waals surface area (Å²) in [7, 11) is 3.07. The van der Waals surface area contributed by atoms with Gasteiger partial charge in [-0.1, -0.05) is 39.9 Å². The molecule has 2 amide bonds. The number of carbonyl (C=O) groups excluding carboxylic acids is 2. The number of carbonyl (C=O) groups is 2. The summed E-state index contributed by atoms with van der Waals surface area (Å²) >= 11 is 5.29. The maximum absolute atomic E-state index is 12.5. The summed E-state index contributed by atoms with van der Waals surface area (Å²) in [5.41, 5.74) is 0.615. The van der Waals surface area contributed by atoms with E-state index < -0.39 is 5.91 Å². The molecule has 0 saturated carbocycles. The van der Waals surface area contributed by atoms with E-state index in [0.29, 0.717) is 42.0 Å². The molecule has 1 aromatic rings. The number of methoxy groups -OCH3 is 2. The maximum atomic E-state index is 12.5. The van der Waals surface area contributed by atoms with E-state index in [2.05, 4.69) is 5.32 Å². The molecule has 0 bridgehead atoms. The van der Waals surface area contributed by atoms with Gasteiger partial charge in [0.25, 0.3) is 0 Å². The number of ether oxygens (including phenoxy) is 2. The first-order chi connectivity index (χ1) is 12.7. The molecule has 150 valence electrons. The highest BCUT2D eigenvalue weighted by molar-refractivity contribution is 7.80. The molecule has 0 aliphatic carbocycles. The number of hydrogen-bond acceptors (Lipinski definition) is 5. The average molecular weight is 395 g/mol. The number of nitrogens with zero attached hydrogens (tertiary/aromatic N) is 1. The second-order valence-corrected chi connectivity index (χ2v) is 7.62. The van der Waals surface area contributed by atoms with E-state index in [-0.39, 0.29) is 17.3 Å². The highest BCUT2D eigenvalue weighted by Crippen LogP contribution is 2.27. The van der Waals surface area contributed by atoms with Crippen LogP contribution in [0.25, 0.3) is 0 Å². The van der Waals surface area contributed by atoms with Crippen molar-refractivity contribution < 1.29 is 19.1 Å². The Balaban J connectivity index is 2.74. The summed E-state index contributed by atoms with van der Waals surface area (Å²) in [4.78, 5) is 26.8. The van der Waals surface area contributed by atoms with Crippen molar-refractivity contribution in [3.8, 4) is 11.5 Å². The Labute approximate surface area is 167 Å². The molecule has 0 spiro atoms. The van der Waals surface area contributed by atoms with Gasteiger partial charge in [-0.05, 0) is 30.0 Å². The maximum Gasteiger partial charge on any atom is 0.234 e. The number of thiocarbonyl (C=S) groups is 1. The molecule has 1 rings (SSSR count). The lowest BCUT2D eigenvalue weighted by atomic mass is 10.1. The smallest absolute Gasteiger partial charge is 0.234 e. The van der Waals surface area contributed by atoms with Gasteiger partial charge in [0.05, 0.1) is 14.2 Å². The topological polar surface area (TPSA) is 67.9 Å². The van der Waals surface area contributed by atoms with E-state index in [0.717, 1.165) is 0 Å². The summed E-state index contributed by atoms with van der Waals surface area (Å²) in [6, 6.07) is 5.13. The molecular weight excluding hydrogens is 364 g/mol. The number of amides is 2. The summed E-state index contributed by atoms with van der Waals surface area (Å²) in [5.74, 6) is 1.15. The fraction of sp³-hybridized carbons (Fsp3) is 0.550. The van der Waals surface area contributed by atoms with Gasteiger partial charge in [-0.2, -0.15) is 0 Å². The average Bonchev–Trinajstić information content (AvgIpc) is 2.59. The molecule has 0 aliphatic rings. The molecule has 0 aromatic heterocycles. The van der Waals surface area contributed by atoms with Gasteiger partial charge in [0.15, 0.2) is 11.5 Å². The van der Waals surface area contributed by atoms with Crippen LogP contribution >= 0.6 is 12.2 Å². The summed E-state index contributed by atoms with van der Waals surface area (Å²) < 4.78 is 10.4. The summed E-state index contributed by atoms with van der Waals surface area (Å²) in [6.45, 7) is 9.45. The third-order valence-electron chi connectivity index (χ3n) is 3.73. The highest BCUT2D eigenvalue weighted by Gasteiger charge is 2.20. The van der Waals surface area contributed by atoms with Gasteiger partial charge in [-0.3, -0.25) is 9.59 Å². The van der Waals surface area contributed by atoms with E-state index in [9.17, 15) is 9.59 Å². The van der Waals surface area contributed by atoms with E-state index in [1.54, 1.807) is 30.2 Å². The first-order valence-electron chi connectivity index (χ1n) is 9.01. The van der Waals surface area contributed by atoms with Crippen molar-refractivity contribution in [3.05, 3.63) is 23.8 Å². The molecule has 0 saturated heterocycles. The second-order valence-electron chi connectivity index (χ2n) is 7.21. The molecule has 1 N–H and O–H groups in total. The van der Waals surface area contributed by atoms with Gasteiger partial charge >= 0.3 is 0 Å². The number of nitrogens with one attached hydrogen (secondary N) is 1. The zero-order chi connectivity index (χ0) is 20.6. The summed E-state index contributed by atoms with van der Waals surface area (Å²) in [6.07, 6.45) is -0.229. The van der Waals surface area contributed by atoms with Gasteiger partial charge in [-0.15, -0.1) is 0 Å². The van der Waals surface area contributed by atoms with Crippen LogP contribution in [0.1, 0.15) is 39.7 Å². The van der Waals surface area contributed by atoms with Crippen molar-refractivity contribution in [1.82, 2.24) is 10.2 Å². The van der Waals surface area contributed by atoms with E-state index in [4.69, 9.17) is 21.7 Å². The van der Waals surface area contributed by atoms with Crippen LogP contribution in [0.3, 0.4) is 0 Å². The number of rotatable bonds is 9. The Bertz CT molecular complexity index is 664. The molecule has 27 heavy (non-hydrogen) atoms. The molecule has 7 heteroatoms. The largest absolute Gasteiger partial charge is 0.493 e. The SMILES string of the molecule is COc1ccc(C(=S)NC(=O)CC(=O)N(CC(C)C)CC(C)C)cc1OC. The van der Waals surface area contributed by atoms with Crippen molar-refractivity contribution in [1.29, 1.82) is 0 Å². The lowest BCUT2D eigenvalue weighted by Crippen LogP contribution is -2.40. The molecule has 0 atom stereocenters. The molecule has 0 radical (unpaired) electrons. The predicted molar refractivity (Wildman–Crippen MR) is 110 cm³/mol. The third-order valence-corrected chi connectivity index (χ3v) is 4.07. The Hall–Kier alpha value is -2.15. The Morgan fingerprint density at radius 1 is 1.04 bits per heavy atom. The standard InChI is InChI=1S/C20H30N2O4S/c1-13(2)11-22(12-14(3)4)19(24)10-18(23)21-20(27)15-7-8-16(25-5)17(9-15)26-6/h7-9,13-14H,10-12H2,1-6H3,(H,21,23,27). The van der Waals surface area contributed by atoms with Crippen LogP contribution in [0.2, 0.25) is 0 Å². The van der Waals surface area contributed by atoms with E-state index >= 15 is 0 Å². The zero-order valence-electron chi connectivity index (χ0n) is 17.0. The number of benzene rings is 1. The Morgan fingerprint density at radius 2 is 1.59 bits per heavy atom. The van der Waals surface area contributed by atoms with E-state index in [1.165, 1.54) is 7.11 Å². The van der Waals surface area contributed by atoms with Crippen molar-refractivity contribution >= 4 is 29.0 Å². The van der Waals surface area contributed by atoms with Crippen molar-refractivity contribution in [3.63, 3.8) is 0 Å². The van der Waals surface area contributed by atoms with Crippen molar-refractivity contribution in [2.45, 2.75) is 34.1 Å². The van der Waals surface area contributed by atoms with Gasteiger partial charge in [0.2, 0.25) is 11.8 Å². The predicted octanol–water partition coefficient (Wildman–Crippen LogP) is 3.03. The van der Waals surface area contributed by atoms with E-state index in [1.807, 2.05) is 27.7 Å². The monoisotopic (exact) mass is 394 g/mol. The van der Waals surface area contributed by atoms with Crippen LogP contribution in [0.5, 0.6) is 11.5 Å². The lowest BCUT2D eigenvalue weighted by molar-refractivity contribution is -0.136. The normalized spacial score (nSPS) is 10.7. The molecule has 0 unspecified atom stereocenters. The van der Waals surface area contributed by atoms with Gasteiger partial charge in [0.1, 0.15) is 11.4 Å². The van der Waals surface area contributed by atoms with Crippen LogP contribution in [0.15, 0.2) is 18.2 Å². The Morgan fingerprint density at radius 3 is 2.07 bits per heavy atom. The first-order valence-corrected chi connectivity index (χ1v) is 9.42. The van der Waals surface area contributed by atoms with Crippen LogP contribution in [0.4, 0.5) is 0 Å². The van der Waals surface area contributed by atoms with Crippen LogP contribution in [-0.4, -0.2) is 49.0 Å². The second kappa shape index (κ2) is 10.9. The van der Waals surface area contributed by atoms with Gasteiger partial charge in [0, 0.05) is 18.7 Å². The fourth-order valence-electron chi connectivity index (χ4n) is 2.63. The Kier molecular flexibility index (Phi) is 9.21. The van der Waals surface area contributed by atoms with Gasteiger partial charge < -0.3 is 19.7 Å². The van der Waals surface area contributed by atoms with Crippen molar-refractivity contribution in [2.24, 2.45) is 11.8 Å². The minimum absolute atomic E-state index is 0.190. The minimum atomic E-state index is -0.419. The molecule has 0 aliphatic heterocycles. The zero-order valence-corrected chi connectivity index (χ0v) is 17.8. The first kappa shape index (κ1) is 22.9. The molecule has 6 nitrogen and oxygen atoms in total. The molecule has 1 aromatic carbocycles. The minimum Gasteiger partial charge on any atom is -0.493 e. The van der Waals surface area contributed by atoms with Crippen molar-refractivity contribution in [2.75, 3.05) is 27.3 Å². The molecule has 0 fully saturated rings. The van der Waals surface area contributed by atoms with Gasteiger partial charge in [-0.25, -0.2) is 0 Å². The van der Waals surface area contributed by atoms with Crippen LogP contribution in [-0.2, 0) is 9.59 Å². The van der Waals surface area contributed by atoms with Crippen LogP contribution in [0, 0.1) is 11.8 Å². The molecular formula is C20H30N2O4S. The third kappa shape index (κ3) is 7.54. The number of hydrogen-bond donors (Lipinski definition) is 1. The fourth-order valence-corrected chi connectivity index (χ4v) is 2.87. The highest BCUT2D eigenvalue weighted by atomic mass is 32.1. The van der Waals surface area contributed by atoms with Crippen LogP contribution < -0.4 is 14.8 Å². The quantitative estimate of drug-likeness (QED) is 0.515.